The number of aryl methyl sites for hydroxylation is 2. The number of nitrogens with one attached hydrogen (secondary N) is 2. The van der Waals surface area contributed by atoms with Crippen molar-refractivity contribution in [3.8, 4) is 11.5 Å². The lowest BCUT2D eigenvalue weighted by atomic mass is 10.1. The molecule has 0 amide bonds. The maximum absolute atomic E-state index is 5.66. The van der Waals surface area contributed by atoms with E-state index < -0.39 is 0 Å². The van der Waals surface area contributed by atoms with Crippen molar-refractivity contribution in [2.24, 2.45) is 7.05 Å². The molecular weight excluding hydrogens is 348 g/mol. The van der Waals surface area contributed by atoms with Gasteiger partial charge in [0.05, 0.1) is 25.5 Å². The van der Waals surface area contributed by atoms with Crippen LogP contribution >= 0.6 is 12.2 Å². The molecule has 0 aliphatic heterocycles. The number of rotatable bonds is 9. The molecule has 0 fully saturated rings. The van der Waals surface area contributed by atoms with Crippen LogP contribution in [0.2, 0.25) is 0 Å². The van der Waals surface area contributed by atoms with Crippen LogP contribution in [0.25, 0.3) is 0 Å². The zero-order valence-electron chi connectivity index (χ0n) is 16.0. The van der Waals surface area contributed by atoms with Gasteiger partial charge in [0.25, 0.3) is 0 Å². The van der Waals surface area contributed by atoms with E-state index in [9.17, 15) is 0 Å². The normalized spacial score (nSPS) is 10.5. The van der Waals surface area contributed by atoms with Gasteiger partial charge in [-0.1, -0.05) is 6.07 Å². The molecule has 2 rings (SSSR count). The van der Waals surface area contributed by atoms with Gasteiger partial charge in [0.2, 0.25) is 0 Å². The number of hydrogen-bond acceptors (Lipinski definition) is 4. The quantitative estimate of drug-likeness (QED) is 0.656. The lowest BCUT2D eigenvalue weighted by Crippen LogP contribution is -2.36. The Morgan fingerprint density at radius 1 is 1.12 bits per heavy atom. The van der Waals surface area contributed by atoms with Crippen molar-refractivity contribution in [1.29, 1.82) is 0 Å². The fraction of sp³-hybridized carbons (Fsp3) is 0.474. The van der Waals surface area contributed by atoms with Gasteiger partial charge in [-0.15, -0.1) is 0 Å². The van der Waals surface area contributed by atoms with Crippen molar-refractivity contribution in [2.75, 3.05) is 19.8 Å². The maximum atomic E-state index is 5.66. The average molecular weight is 377 g/mol. The fourth-order valence-corrected chi connectivity index (χ4v) is 2.70. The van der Waals surface area contributed by atoms with Gasteiger partial charge in [-0.3, -0.25) is 4.68 Å². The second-order valence-corrected chi connectivity index (χ2v) is 6.32. The molecule has 2 aromatic rings. The number of aromatic nitrogens is 2. The molecule has 1 aromatic carbocycles. The molecule has 0 radical (unpaired) electrons. The monoisotopic (exact) mass is 376 g/mol. The van der Waals surface area contributed by atoms with Gasteiger partial charge in [0.1, 0.15) is 0 Å². The lowest BCUT2D eigenvalue weighted by Gasteiger charge is -2.13. The van der Waals surface area contributed by atoms with Crippen molar-refractivity contribution in [1.82, 2.24) is 20.4 Å². The summed E-state index contributed by atoms with van der Waals surface area (Å²) in [5.41, 5.74) is 3.27. The molecule has 0 aliphatic carbocycles. The first-order valence-corrected chi connectivity index (χ1v) is 9.34. The van der Waals surface area contributed by atoms with Crippen molar-refractivity contribution in [3.63, 3.8) is 0 Å². The smallest absolute Gasteiger partial charge is 0.166 e. The molecule has 0 saturated heterocycles. The Bertz CT molecular complexity index is 711. The highest BCUT2D eigenvalue weighted by Gasteiger charge is 2.07. The van der Waals surface area contributed by atoms with Crippen LogP contribution in [0.15, 0.2) is 24.3 Å². The summed E-state index contributed by atoms with van der Waals surface area (Å²) in [5.74, 6) is 1.58. The molecule has 0 saturated carbocycles. The summed E-state index contributed by atoms with van der Waals surface area (Å²) in [6, 6.07) is 8.10. The summed E-state index contributed by atoms with van der Waals surface area (Å²) in [6.07, 6.45) is 0.844. The van der Waals surface area contributed by atoms with Gasteiger partial charge < -0.3 is 20.1 Å². The first kappa shape index (κ1) is 20.0. The van der Waals surface area contributed by atoms with E-state index in [2.05, 4.69) is 21.8 Å². The Labute approximate surface area is 160 Å². The molecule has 0 bridgehead atoms. The van der Waals surface area contributed by atoms with E-state index in [-0.39, 0.29) is 0 Å². The molecule has 0 spiro atoms. The van der Waals surface area contributed by atoms with Crippen LogP contribution in [0, 0.1) is 6.92 Å². The Kier molecular flexibility index (Phi) is 7.72. The highest BCUT2D eigenvalue weighted by molar-refractivity contribution is 7.80. The minimum absolute atomic E-state index is 0.614. The van der Waals surface area contributed by atoms with E-state index in [1.807, 2.05) is 50.7 Å². The van der Waals surface area contributed by atoms with E-state index >= 15 is 0 Å². The number of nitrogens with zero attached hydrogens (tertiary/aromatic N) is 2. The summed E-state index contributed by atoms with van der Waals surface area (Å²) in [4.78, 5) is 0. The number of thiocarbonyl (C=S) groups is 1. The molecule has 142 valence electrons. The molecular formula is C19H28N4O2S. The minimum Gasteiger partial charge on any atom is -0.490 e. The summed E-state index contributed by atoms with van der Waals surface area (Å²) < 4.78 is 13.1. The molecule has 6 nitrogen and oxygen atoms in total. The maximum Gasteiger partial charge on any atom is 0.166 e. The fourth-order valence-electron chi connectivity index (χ4n) is 2.53. The third-order valence-electron chi connectivity index (χ3n) is 3.90. The summed E-state index contributed by atoms with van der Waals surface area (Å²) >= 11 is 5.33. The minimum atomic E-state index is 0.614. The molecule has 0 atom stereocenters. The highest BCUT2D eigenvalue weighted by Crippen LogP contribution is 2.28. The highest BCUT2D eigenvalue weighted by atomic mass is 32.1. The predicted octanol–water partition coefficient (Wildman–Crippen LogP) is 2.73. The molecule has 0 unspecified atom stereocenters. The summed E-state index contributed by atoms with van der Waals surface area (Å²) in [7, 11) is 1.93. The molecule has 1 heterocycles. The van der Waals surface area contributed by atoms with Crippen LogP contribution < -0.4 is 20.1 Å². The van der Waals surface area contributed by atoms with E-state index in [0.29, 0.717) is 24.9 Å². The molecule has 2 N–H and O–H groups in total. The van der Waals surface area contributed by atoms with Crippen LogP contribution in [0.5, 0.6) is 11.5 Å². The van der Waals surface area contributed by atoms with Crippen molar-refractivity contribution in [2.45, 2.75) is 33.7 Å². The van der Waals surface area contributed by atoms with E-state index in [1.165, 1.54) is 5.56 Å². The van der Waals surface area contributed by atoms with Crippen LogP contribution in [0.1, 0.15) is 30.8 Å². The van der Waals surface area contributed by atoms with E-state index in [0.717, 1.165) is 35.9 Å². The van der Waals surface area contributed by atoms with Gasteiger partial charge in [-0.25, -0.2) is 0 Å². The number of ether oxygens (including phenoxy) is 2. The Hall–Kier alpha value is -2.28. The lowest BCUT2D eigenvalue weighted by molar-refractivity contribution is 0.287. The molecule has 0 aliphatic rings. The van der Waals surface area contributed by atoms with Crippen LogP contribution in [-0.4, -0.2) is 34.7 Å². The van der Waals surface area contributed by atoms with Crippen molar-refractivity contribution < 1.29 is 9.47 Å². The second-order valence-electron chi connectivity index (χ2n) is 5.91. The Balaban J connectivity index is 1.79. The third-order valence-corrected chi connectivity index (χ3v) is 4.19. The van der Waals surface area contributed by atoms with Crippen LogP contribution in [-0.2, 0) is 20.0 Å². The molecule has 26 heavy (non-hydrogen) atoms. The first-order valence-electron chi connectivity index (χ1n) is 8.93. The SMILES string of the molecule is CCOc1ccc(CCNC(=S)NCc2cc(C)n(C)n2)cc1OCC. The largest absolute Gasteiger partial charge is 0.490 e. The number of benzene rings is 1. The van der Waals surface area contributed by atoms with Gasteiger partial charge in [-0.2, -0.15) is 5.10 Å². The summed E-state index contributed by atoms with van der Waals surface area (Å²) in [5, 5.41) is 11.4. The van der Waals surface area contributed by atoms with Crippen molar-refractivity contribution >= 4 is 17.3 Å². The Morgan fingerprint density at radius 3 is 2.50 bits per heavy atom. The average Bonchev–Trinajstić information content (AvgIpc) is 2.94. The van der Waals surface area contributed by atoms with Gasteiger partial charge in [-0.05, 0) is 63.2 Å². The zero-order chi connectivity index (χ0) is 18.9. The van der Waals surface area contributed by atoms with Crippen LogP contribution in [0.3, 0.4) is 0 Å². The molecule has 7 heteroatoms. The summed E-state index contributed by atoms with van der Waals surface area (Å²) in [6.45, 7) is 8.56. The first-order chi connectivity index (χ1) is 12.5. The zero-order valence-corrected chi connectivity index (χ0v) is 16.8. The third kappa shape index (κ3) is 5.91. The Morgan fingerprint density at radius 2 is 1.85 bits per heavy atom. The van der Waals surface area contributed by atoms with Gasteiger partial charge in [0.15, 0.2) is 16.6 Å². The van der Waals surface area contributed by atoms with E-state index in [1.54, 1.807) is 0 Å². The van der Waals surface area contributed by atoms with Gasteiger partial charge in [0, 0.05) is 19.3 Å². The van der Waals surface area contributed by atoms with E-state index in [4.69, 9.17) is 21.7 Å². The standard InChI is InChI=1S/C19H28N4O2S/c1-5-24-17-8-7-15(12-18(17)25-6-2)9-10-20-19(26)21-13-16-11-14(3)23(4)22-16/h7-8,11-12H,5-6,9-10,13H2,1-4H3,(H2,20,21,26). The predicted molar refractivity (Wildman–Crippen MR) is 108 cm³/mol. The number of hydrogen-bond donors (Lipinski definition) is 2. The molecule has 1 aromatic heterocycles. The second kappa shape index (κ2) is 10.0. The van der Waals surface area contributed by atoms with Gasteiger partial charge >= 0.3 is 0 Å². The van der Waals surface area contributed by atoms with Crippen LogP contribution in [0.4, 0.5) is 0 Å². The topological polar surface area (TPSA) is 60.3 Å². The van der Waals surface area contributed by atoms with Crippen molar-refractivity contribution in [3.05, 3.63) is 41.2 Å².